The van der Waals surface area contributed by atoms with Gasteiger partial charge in [-0.05, 0) is 12.8 Å². The summed E-state index contributed by atoms with van der Waals surface area (Å²) in [5.74, 6) is 0.0820. The summed E-state index contributed by atoms with van der Waals surface area (Å²) in [6, 6.07) is 0. The van der Waals surface area contributed by atoms with E-state index in [2.05, 4.69) is 15.0 Å². The molecule has 2 aromatic heterocycles. The third-order valence-corrected chi connectivity index (χ3v) is 2.98. The lowest BCUT2D eigenvalue weighted by atomic mass is 10.2. The molecule has 1 amide bonds. The molecule has 0 spiro atoms. The molecule has 1 aliphatic heterocycles. The van der Waals surface area contributed by atoms with Crippen molar-refractivity contribution >= 4 is 16.9 Å². The number of amides is 1. The van der Waals surface area contributed by atoms with Crippen molar-refractivity contribution in [1.82, 2.24) is 19.9 Å². The smallest absolute Gasteiger partial charge is 0.256 e. The van der Waals surface area contributed by atoms with Crippen LogP contribution in [0.2, 0.25) is 0 Å². The number of nitrogens with one attached hydrogen (secondary N) is 1. The maximum absolute atomic E-state index is 12.2. The lowest BCUT2D eigenvalue weighted by molar-refractivity contribution is 0.0795. The molecule has 5 heteroatoms. The highest BCUT2D eigenvalue weighted by atomic mass is 16.2. The number of aromatic amines is 1. The first-order valence-electron chi connectivity index (χ1n) is 5.42. The van der Waals surface area contributed by atoms with E-state index in [1.807, 2.05) is 4.90 Å². The number of nitrogens with zero attached hydrogens (tertiary/aromatic N) is 3. The molecule has 0 aliphatic carbocycles. The fourth-order valence-corrected chi connectivity index (χ4v) is 2.13. The normalized spacial score (nSPS) is 15.9. The minimum atomic E-state index is 0.0820. The predicted octanol–water partition coefficient (Wildman–Crippen LogP) is 1.19. The van der Waals surface area contributed by atoms with Gasteiger partial charge in [0.1, 0.15) is 12.0 Å². The van der Waals surface area contributed by atoms with Crippen molar-refractivity contribution in [2.45, 2.75) is 12.8 Å². The van der Waals surface area contributed by atoms with E-state index in [-0.39, 0.29) is 5.91 Å². The first-order valence-corrected chi connectivity index (χ1v) is 5.42. The zero-order chi connectivity index (χ0) is 11.0. The van der Waals surface area contributed by atoms with Crippen LogP contribution in [0.5, 0.6) is 0 Å². The molecule has 1 N–H and O–H groups in total. The van der Waals surface area contributed by atoms with Crippen molar-refractivity contribution in [2.24, 2.45) is 0 Å². The summed E-state index contributed by atoms with van der Waals surface area (Å²) in [5.41, 5.74) is 1.40. The van der Waals surface area contributed by atoms with Gasteiger partial charge in [-0.3, -0.25) is 4.79 Å². The monoisotopic (exact) mass is 216 g/mol. The zero-order valence-corrected chi connectivity index (χ0v) is 8.81. The average molecular weight is 216 g/mol. The van der Waals surface area contributed by atoms with Crippen LogP contribution in [0.3, 0.4) is 0 Å². The Kier molecular flexibility index (Phi) is 2.09. The van der Waals surface area contributed by atoms with Gasteiger partial charge in [-0.25, -0.2) is 9.97 Å². The number of rotatable bonds is 1. The number of carbonyl (C=O) groups is 1. The molecule has 1 fully saturated rings. The lowest BCUT2D eigenvalue weighted by Gasteiger charge is -2.13. The van der Waals surface area contributed by atoms with Gasteiger partial charge in [0.25, 0.3) is 5.91 Å². The van der Waals surface area contributed by atoms with E-state index in [4.69, 9.17) is 0 Å². The molecule has 5 nitrogen and oxygen atoms in total. The summed E-state index contributed by atoms with van der Waals surface area (Å²) in [4.78, 5) is 25.1. The van der Waals surface area contributed by atoms with Gasteiger partial charge in [-0.1, -0.05) is 0 Å². The van der Waals surface area contributed by atoms with Crippen LogP contribution in [0, 0.1) is 0 Å². The van der Waals surface area contributed by atoms with Gasteiger partial charge >= 0.3 is 0 Å². The Labute approximate surface area is 92.5 Å². The van der Waals surface area contributed by atoms with Crippen LogP contribution in [0.4, 0.5) is 0 Å². The van der Waals surface area contributed by atoms with E-state index < -0.39 is 0 Å². The van der Waals surface area contributed by atoms with E-state index in [1.54, 1.807) is 12.4 Å². The minimum absolute atomic E-state index is 0.0820. The number of hydrogen-bond acceptors (Lipinski definition) is 3. The van der Waals surface area contributed by atoms with E-state index in [9.17, 15) is 4.79 Å². The van der Waals surface area contributed by atoms with Gasteiger partial charge in [-0.15, -0.1) is 0 Å². The molecular formula is C11H12N4O. The molecule has 0 radical (unpaired) electrons. The summed E-state index contributed by atoms with van der Waals surface area (Å²) in [7, 11) is 0. The van der Waals surface area contributed by atoms with Crippen molar-refractivity contribution in [3.63, 3.8) is 0 Å². The van der Waals surface area contributed by atoms with E-state index in [0.29, 0.717) is 5.56 Å². The molecule has 3 heterocycles. The molecular weight excluding hydrogens is 204 g/mol. The summed E-state index contributed by atoms with van der Waals surface area (Å²) < 4.78 is 0. The van der Waals surface area contributed by atoms with Gasteiger partial charge < -0.3 is 9.88 Å². The highest BCUT2D eigenvalue weighted by Gasteiger charge is 2.22. The minimum Gasteiger partial charge on any atom is -0.345 e. The van der Waals surface area contributed by atoms with Crippen molar-refractivity contribution in [3.8, 4) is 0 Å². The summed E-state index contributed by atoms with van der Waals surface area (Å²) in [6.45, 7) is 1.72. The zero-order valence-electron chi connectivity index (χ0n) is 8.81. The summed E-state index contributed by atoms with van der Waals surface area (Å²) in [6.07, 6.45) is 7.08. The van der Waals surface area contributed by atoms with Gasteiger partial charge in [0, 0.05) is 30.9 Å². The SMILES string of the molecule is O=C(c1c[nH]c2ncncc12)N1CCCC1. The van der Waals surface area contributed by atoms with Crippen LogP contribution in [-0.2, 0) is 0 Å². The fraction of sp³-hybridized carbons (Fsp3) is 0.364. The highest BCUT2D eigenvalue weighted by molar-refractivity contribution is 6.05. The quantitative estimate of drug-likeness (QED) is 0.779. The van der Waals surface area contributed by atoms with Gasteiger partial charge in [-0.2, -0.15) is 0 Å². The Morgan fingerprint density at radius 2 is 2.19 bits per heavy atom. The maximum Gasteiger partial charge on any atom is 0.256 e. The van der Waals surface area contributed by atoms with Crippen LogP contribution in [0.1, 0.15) is 23.2 Å². The standard InChI is InChI=1S/C11H12N4O/c16-11(15-3-1-2-4-15)9-6-13-10-8(9)5-12-7-14-10/h5-7H,1-4H2,(H,12,13,14). The number of carbonyl (C=O) groups excluding carboxylic acids is 1. The molecule has 1 saturated heterocycles. The van der Waals surface area contributed by atoms with Gasteiger partial charge in [0.05, 0.1) is 5.56 Å². The maximum atomic E-state index is 12.2. The van der Waals surface area contributed by atoms with Crippen LogP contribution in [0.25, 0.3) is 11.0 Å². The number of fused-ring (bicyclic) bond motifs is 1. The molecule has 82 valence electrons. The Morgan fingerprint density at radius 3 is 3.00 bits per heavy atom. The van der Waals surface area contributed by atoms with Crippen molar-refractivity contribution < 1.29 is 4.79 Å². The molecule has 3 rings (SSSR count). The molecule has 16 heavy (non-hydrogen) atoms. The highest BCUT2D eigenvalue weighted by Crippen LogP contribution is 2.19. The molecule has 0 unspecified atom stereocenters. The molecule has 0 saturated carbocycles. The number of H-pyrrole nitrogens is 1. The summed E-state index contributed by atoms with van der Waals surface area (Å²) in [5, 5.41) is 0.805. The third kappa shape index (κ3) is 1.36. The number of aromatic nitrogens is 3. The second-order valence-corrected chi connectivity index (χ2v) is 3.99. The van der Waals surface area contributed by atoms with Crippen LogP contribution >= 0.6 is 0 Å². The largest absolute Gasteiger partial charge is 0.345 e. The van der Waals surface area contributed by atoms with Gasteiger partial charge in [0.2, 0.25) is 0 Å². The third-order valence-electron chi connectivity index (χ3n) is 2.98. The topological polar surface area (TPSA) is 61.9 Å². The first-order chi connectivity index (χ1) is 7.86. The second kappa shape index (κ2) is 3.59. The number of hydrogen-bond donors (Lipinski definition) is 1. The second-order valence-electron chi connectivity index (χ2n) is 3.99. The van der Waals surface area contributed by atoms with Crippen LogP contribution in [0.15, 0.2) is 18.7 Å². The average Bonchev–Trinajstić information content (AvgIpc) is 2.98. The fourth-order valence-electron chi connectivity index (χ4n) is 2.13. The van der Waals surface area contributed by atoms with Crippen molar-refractivity contribution in [2.75, 3.05) is 13.1 Å². The van der Waals surface area contributed by atoms with Crippen LogP contribution < -0.4 is 0 Å². The van der Waals surface area contributed by atoms with E-state index in [0.717, 1.165) is 37.0 Å². The Bertz CT molecular complexity index is 528. The van der Waals surface area contributed by atoms with Crippen molar-refractivity contribution in [3.05, 3.63) is 24.3 Å². The van der Waals surface area contributed by atoms with Crippen LogP contribution in [-0.4, -0.2) is 38.8 Å². The first kappa shape index (κ1) is 9.33. The summed E-state index contributed by atoms with van der Waals surface area (Å²) >= 11 is 0. The van der Waals surface area contributed by atoms with E-state index in [1.165, 1.54) is 6.33 Å². The molecule has 0 bridgehead atoms. The Hall–Kier alpha value is -1.91. The molecule has 0 aromatic carbocycles. The Balaban J connectivity index is 2.02. The van der Waals surface area contributed by atoms with Crippen molar-refractivity contribution in [1.29, 1.82) is 0 Å². The molecule has 0 atom stereocenters. The predicted molar refractivity (Wildman–Crippen MR) is 59.0 cm³/mol. The molecule has 1 aliphatic rings. The Morgan fingerprint density at radius 1 is 1.38 bits per heavy atom. The van der Waals surface area contributed by atoms with Gasteiger partial charge in [0.15, 0.2) is 0 Å². The van der Waals surface area contributed by atoms with E-state index >= 15 is 0 Å². The number of likely N-dealkylation sites (tertiary alicyclic amines) is 1. The molecule has 2 aromatic rings. The lowest BCUT2D eigenvalue weighted by Crippen LogP contribution is -2.27.